The first-order valence-corrected chi connectivity index (χ1v) is 2.60. The van der Waals surface area contributed by atoms with Crippen LogP contribution in [0.2, 0.25) is 0 Å². The minimum Gasteiger partial charge on any atom is -0.481 e. The van der Waals surface area contributed by atoms with Crippen LogP contribution in [0, 0.1) is 0 Å². The number of hydrogen-bond donors (Lipinski definition) is 1. The van der Waals surface area contributed by atoms with Gasteiger partial charge in [0.15, 0.2) is 0 Å². The van der Waals surface area contributed by atoms with E-state index in [2.05, 4.69) is 0 Å². The summed E-state index contributed by atoms with van der Waals surface area (Å²) in [6.07, 6.45) is 4.58. The summed E-state index contributed by atoms with van der Waals surface area (Å²) in [6.45, 7) is 1.88. The molecule has 0 aromatic carbocycles. The zero-order valence-electron chi connectivity index (χ0n) is 5.92. The number of carbonyl (C=O) groups is 1. The Bertz CT molecular complexity index is 99.2. The molecule has 0 aliphatic carbocycles. The summed E-state index contributed by atoms with van der Waals surface area (Å²) >= 11 is 0. The molecule has 3 heteroatoms. The van der Waals surface area contributed by atoms with Crippen LogP contribution < -0.4 is 0 Å². The summed E-state index contributed by atoms with van der Waals surface area (Å²) in [6, 6.07) is 0. The number of aliphatic carboxylic acids is 1. The SMILES string of the molecule is C/C=C/CCC(=O)O.[Na]. The third kappa shape index (κ3) is 11.7. The molecule has 0 bridgehead atoms. The van der Waals surface area contributed by atoms with Gasteiger partial charge in [-0.25, -0.2) is 0 Å². The average Bonchev–Trinajstić information content (AvgIpc) is 1.66. The van der Waals surface area contributed by atoms with E-state index in [1.54, 1.807) is 0 Å². The summed E-state index contributed by atoms with van der Waals surface area (Å²) in [5.41, 5.74) is 0. The molecule has 47 valence electrons. The van der Waals surface area contributed by atoms with Gasteiger partial charge in [0.2, 0.25) is 0 Å². The van der Waals surface area contributed by atoms with Crippen LogP contribution in [0.4, 0.5) is 0 Å². The predicted molar refractivity (Wildman–Crippen MR) is 37.4 cm³/mol. The zero-order valence-corrected chi connectivity index (χ0v) is 7.92. The monoisotopic (exact) mass is 137 g/mol. The second kappa shape index (κ2) is 8.21. The smallest absolute Gasteiger partial charge is 0.303 e. The van der Waals surface area contributed by atoms with Crippen molar-refractivity contribution in [2.75, 3.05) is 0 Å². The van der Waals surface area contributed by atoms with Crippen LogP contribution >= 0.6 is 0 Å². The molecule has 0 atom stereocenters. The minimum atomic E-state index is -0.733. The second-order valence-corrected chi connectivity index (χ2v) is 1.50. The van der Waals surface area contributed by atoms with Gasteiger partial charge in [-0.3, -0.25) is 4.79 Å². The van der Waals surface area contributed by atoms with Gasteiger partial charge in [0.1, 0.15) is 0 Å². The van der Waals surface area contributed by atoms with E-state index in [9.17, 15) is 4.79 Å². The Morgan fingerprint density at radius 2 is 2.22 bits per heavy atom. The van der Waals surface area contributed by atoms with Crippen molar-refractivity contribution in [2.45, 2.75) is 19.8 Å². The summed E-state index contributed by atoms with van der Waals surface area (Å²) in [4.78, 5) is 9.84. The normalized spacial score (nSPS) is 9.00. The van der Waals surface area contributed by atoms with Crippen molar-refractivity contribution in [1.29, 1.82) is 0 Å². The summed E-state index contributed by atoms with van der Waals surface area (Å²) in [7, 11) is 0. The Morgan fingerprint density at radius 1 is 1.67 bits per heavy atom. The van der Waals surface area contributed by atoms with Crippen LogP contribution in [0.5, 0.6) is 0 Å². The van der Waals surface area contributed by atoms with Gasteiger partial charge in [0.05, 0.1) is 0 Å². The third-order valence-corrected chi connectivity index (χ3v) is 0.761. The fourth-order valence-electron chi connectivity index (χ4n) is 0.373. The molecule has 0 aliphatic heterocycles. The molecule has 0 rings (SSSR count). The van der Waals surface area contributed by atoms with Crippen molar-refractivity contribution in [3.05, 3.63) is 12.2 Å². The molecule has 0 aromatic rings. The van der Waals surface area contributed by atoms with Crippen molar-refractivity contribution >= 4 is 35.5 Å². The van der Waals surface area contributed by atoms with Crippen molar-refractivity contribution in [1.82, 2.24) is 0 Å². The van der Waals surface area contributed by atoms with Gasteiger partial charge < -0.3 is 5.11 Å². The Balaban J connectivity index is 0. The van der Waals surface area contributed by atoms with E-state index in [0.29, 0.717) is 6.42 Å². The van der Waals surface area contributed by atoms with Crippen LogP contribution in [0.1, 0.15) is 19.8 Å². The van der Waals surface area contributed by atoms with E-state index >= 15 is 0 Å². The maximum absolute atomic E-state index is 9.84. The fourth-order valence-corrected chi connectivity index (χ4v) is 0.373. The van der Waals surface area contributed by atoms with Gasteiger partial charge in [-0.15, -0.1) is 0 Å². The maximum atomic E-state index is 9.84. The van der Waals surface area contributed by atoms with Crippen LogP contribution in [-0.4, -0.2) is 40.6 Å². The molecule has 0 saturated heterocycles. The van der Waals surface area contributed by atoms with Crippen molar-refractivity contribution < 1.29 is 9.90 Å². The summed E-state index contributed by atoms with van der Waals surface area (Å²) < 4.78 is 0. The van der Waals surface area contributed by atoms with Gasteiger partial charge in [-0.1, -0.05) is 12.2 Å². The van der Waals surface area contributed by atoms with Crippen LogP contribution in [0.3, 0.4) is 0 Å². The van der Waals surface area contributed by atoms with Crippen molar-refractivity contribution in [2.24, 2.45) is 0 Å². The van der Waals surface area contributed by atoms with Crippen LogP contribution in [0.15, 0.2) is 12.2 Å². The molecule has 0 saturated carbocycles. The van der Waals surface area contributed by atoms with Crippen molar-refractivity contribution in [3.8, 4) is 0 Å². The largest absolute Gasteiger partial charge is 0.481 e. The first-order chi connectivity index (χ1) is 3.77. The van der Waals surface area contributed by atoms with E-state index in [-0.39, 0.29) is 36.0 Å². The van der Waals surface area contributed by atoms with E-state index in [4.69, 9.17) is 5.11 Å². The molecule has 0 unspecified atom stereocenters. The number of carboxylic acid groups (broad SMARTS) is 1. The quantitative estimate of drug-likeness (QED) is 0.466. The van der Waals surface area contributed by atoms with E-state index in [0.717, 1.165) is 0 Å². The molecular weight excluding hydrogens is 127 g/mol. The number of allylic oxidation sites excluding steroid dienone is 2. The first kappa shape index (κ1) is 11.9. The molecule has 1 N–H and O–H groups in total. The number of carboxylic acids is 1. The van der Waals surface area contributed by atoms with Crippen LogP contribution in [0.25, 0.3) is 0 Å². The minimum absolute atomic E-state index is 0. The van der Waals surface area contributed by atoms with Crippen LogP contribution in [-0.2, 0) is 4.79 Å². The fraction of sp³-hybridized carbons (Fsp3) is 0.500. The van der Waals surface area contributed by atoms with Gasteiger partial charge >= 0.3 is 5.97 Å². The zero-order chi connectivity index (χ0) is 6.41. The standard InChI is InChI=1S/C6H10O2.Na/c1-2-3-4-5-6(7)8;/h2-3H,4-5H2,1H3,(H,7,8);/b3-2+;. The summed E-state index contributed by atoms with van der Waals surface area (Å²) in [5.74, 6) is -0.733. The molecule has 0 heterocycles. The molecule has 1 radical (unpaired) electrons. The number of rotatable bonds is 3. The topological polar surface area (TPSA) is 37.3 Å². The Kier molecular flexibility index (Phi) is 10.9. The van der Waals surface area contributed by atoms with Crippen molar-refractivity contribution in [3.63, 3.8) is 0 Å². The molecule has 0 amide bonds. The van der Waals surface area contributed by atoms with E-state index < -0.39 is 5.97 Å². The maximum Gasteiger partial charge on any atom is 0.303 e. The molecule has 0 fully saturated rings. The van der Waals surface area contributed by atoms with Gasteiger partial charge in [0, 0.05) is 36.0 Å². The third-order valence-electron chi connectivity index (χ3n) is 0.761. The van der Waals surface area contributed by atoms with E-state index in [1.807, 2.05) is 19.1 Å². The van der Waals surface area contributed by atoms with Gasteiger partial charge in [-0.2, -0.15) is 0 Å². The molecule has 0 aliphatic rings. The molecular formula is C6H10NaO2. The summed E-state index contributed by atoms with van der Waals surface area (Å²) in [5, 5.41) is 8.11. The van der Waals surface area contributed by atoms with Gasteiger partial charge in [0.25, 0.3) is 0 Å². The predicted octanol–water partition coefficient (Wildman–Crippen LogP) is 1.05. The van der Waals surface area contributed by atoms with Gasteiger partial charge in [-0.05, 0) is 13.3 Å². The molecule has 0 aromatic heterocycles. The Morgan fingerprint density at radius 3 is 2.56 bits per heavy atom. The number of hydrogen-bond acceptors (Lipinski definition) is 1. The second-order valence-electron chi connectivity index (χ2n) is 1.50. The molecule has 0 spiro atoms. The Labute approximate surface area is 77.2 Å². The molecule has 9 heavy (non-hydrogen) atoms. The van der Waals surface area contributed by atoms with E-state index in [1.165, 1.54) is 0 Å². The molecule has 2 nitrogen and oxygen atoms in total. The first-order valence-electron chi connectivity index (χ1n) is 2.60. The Hall–Kier alpha value is 0.210. The average molecular weight is 137 g/mol.